The number of nitrogens with one attached hydrogen (secondary N) is 3. The first kappa shape index (κ1) is 37.7. The summed E-state index contributed by atoms with van der Waals surface area (Å²) in [6, 6.07) is 10.9. The van der Waals surface area contributed by atoms with Crippen molar-refractivity contribution in [3.8, 4) is 22.6 Å². The molecule has 14 nitrogen and oxygen atoms in total. The fourth-order valence-electron chi connectivity index (χ4n) is 7.79. The molecule has 5 aromatic rings. The number of aromatic nitrogens is 6. The third-order valence-corrected chi connectivity index (χ3v) is 11.1. The van der Waals surface area contributed by atoms with Crippen LogP contribution in [0, 0.1) is 24.0 Å². The molecule has 5 heterocycles. The molecule has 0 radical (unpaired) electrons. The molecule has 4 amide bonds. The highest BCUT2D eigenvalue weighted by atomic mass is 19.1. The van der Waals surface area contributed by atoms with E-state index in [0.29, 0.717) is 29.2 Å². The molecular formula is C40H39F3N10O4. The van der Waals surface area contributed by atoms with Gasteiger partial charge in [-0.05, 0) is 74.3 Å². The molecule has 0 atom stereocenters. The molecule has 8 rings (SSSR count). The molecule has 17 heteroatoms. The van der Waals surface area contributed by atoms with Crippen LogP contribution >= 0.6 is 0 Å². The van der Waals surface area contributed by atoms with E-state index in [-0.39, 0.29) is 65.5 Å². The standard InChI is InChI=1S/C40H39F3N10O4/c1-21-27(16-44-35(46-21)30-13-32(57-51-30)36(55)45-17-33-47-37(50-49-33)39(3,4)22(2)41)26-7-5-23(11-28(26)42)18-52-19-40(20-52)14-25(15-40)24-6-8-31(29(43)12-24)53-10-9-34(54)48-38(53)56/h5-8,11-13,16,25H,2,9-10,14-15,17-20H2,1,3-4H3,(H,45,55)(H,47,49,50)(H,48,54,56). The molecule has 0 bridgehead atoms. The fourth-order valence-corrected chi connectivity index (χ4v) is 7.79. The lowest BCUT2D eigenvalue weighted by molar-refractivity contribution is -0.120. The average molecular weight is 781 g/mol. The Kier molecular flexibility index (Phi) is 9.50. The number of imide groups is 1. The number of benzene rings is 2. The van der Waals surface area contributed by atoms with Gasteiger partial charge in [0, 0.05) is 61.7 Å². The second kappa shape index (κ2) is 14.4. The highest BCUT2D eigenvalue weighted by molar-refractivity contribution is 6.05. The van der Waals surface area contributed by atoms with Crippen molar-refractivity contribution in [1.29, 1.82) is 0 Å². The van der Waals surface area contributed by atoms with E-state index in [1.807, 2.05) is 12.1 Å². The summed E-state index contributed by atoms with van der Waals surface area (Å²) >= 11 is 0. The second-order valence-corrected chi connectivity index (χ2v) is 15.6. The Hall–Kier alpha value is -6.23. The van der Waals surface area contributed by atoms with Gasteiger partial charge in [0.05, 0.1) is 17.6 Å². The van der Waals surface area contributed by atoms with Gasteiger partial charge in [-0.25, -0.2) is 32.9 Å². The lowest BCUT2D eigenvalue weighted by atomic mass is 9.56. The molecule has 2 saturated heterocycles. The minimum absolute atomic E-state index is 0.0274. The molecular weight excluding hydrogens is 742 g/mol. The topological polar surface area (TPSA) is 175 Å². The van der Waals surface area contributed by atoms with Gasteiger partial charge in [-0.1, -0.05) is 29.9 Å². The number of aromatic amines is 1. The van der Waals surface area contributed by atoms with Crippen LogP contribution in [0.15, 0.2) is 65.6 Å². The summed E-state index contributed by atoms with van der Waals surface area (Å²) in [7, 11) is 0. The maximum absolute atomic E-state index is 15.5. The Morgan fingerprint density at radius 2 is 1.86 bits per heavy atom. The summed E-state index contributed by atoms with van der Waals surface area (Å²) in [5, 5.41) is 15.5. The lowest BCUT2D eigenvalue weighted by Crippen LogP contribution is -2.61. The first-order chi connectivity index (χ1) is 27.2. The molecule has 1 spiro atoms. The molecule has 2 aliphatic heterocycles. The van der Waals surface area contributed by atoms with Crippen LogP contribution in [0.1, 0.15) is 78.1 Å². The van der Waals surface area contributed by atoms with Crippen molar-refractivity contribution in [2.24, 2.45) is 5.41 Å². The molecule has 3 fully saturated rings. The van der Waals surface area contributed by atoms with Crippen LogP contribution in [-0.2, 0) is 23.3 Å². The van der Waals surface area contributed by atoms with E-state index in [9.17, 15) is 18.8 Å². The van der Waals surface area contributed by atoms with Gasteiger partial charge in [-0.2, -0.15) is 5.10 Å². The van der Waals surface area contributed by atoms with Gasteiger partial charge in [-0.15, -0.1) is 0 Å². The van der Waals surface area contributed by atoms with Gasteiger partial charge in [0.25, 0.3) is 5.91 Å². The summed E-state index contributed by atoms with van der Waals surface area (Å²) in [6.07, 6.45) is 3.49. The largest absolute Gasteiger partial charge is 0.350 e. The van der Waals surface area contributed by atoms with Crippen molar-refractivity contribution < 1.29 is 32.1 Å². The van der Waals surface area contributed by atoms with Gasteiger partial charge in [0.1, 0.15) is 23.3 Å². The maximum atomic E-state index is 15.5. The van der Waals surface area contributed by atoms with E-state index in [1.165, 1.54) is 29.3 Å². The number of H-pyrrole nitrogens is 1. The van der Waals surface area contributed by atoms with Crippen molar-refractivity contribution in [2.45, 2.75) is 64.5 Å². The Bertz CT molecular complexity index is 2430. The summed E-state index contributed by atoms with van der Waals surface area (Å²) in [5.74, 6) is -1.57. The van der Waals surface area contributed by atoms with Gasteiger partial charge < -0.3 is 9.84 Å². The Morgan fingerprint density at radius 3 is 2.56 bits per heavy atom. The summed E-state index contributed by atoms with van der Waals surface area (Å²) < 4.78 is 49.6. The first-order valence-corrected chi connectivity index (χ1v) is 18.5. The number of carbonyl (C=O) groups excluding carboxylic acids is 3. The van der Waals surface area contributed by atoms with Crippen molar-refractivity contribution in [3.63, 3.8) is 0 Å². The number of urea groups is 1. The van der Waals surface area contributed by atoms with E-state index in [2.05, 4.69) is 52.4 Å². The smallest absolute Gasteiger partial charge is 0.328 e. The average Bonchev–Trinajstić information content (AvgIpc) is 3.83. The van der Waals surface area contributed by atoms with Crippen LogP contribution in [0.25, 0.3) is 22.6 Å². The van der Waals surface area contributed by atoms with Crippen molar-refractivity contribution in [2.75, 3.05) is 24.5 Å². The van der Waals surface area contributed by atoms with Crippen LogP contribution in [0.5, 0.6) is 0 Å². The highest BCUT2D eigenvalue weighted by Crippen LogP contribution is 2.56. The third kappa shape index (κ3) is 7.30. The molecule has 0 unspecified atom stereocenters. The Morgan fingerprint density at radius 1 is 1.07 bits per heavy atom. The first-order valence-electron chi connectivity index (χ1n) is 18.5. The van der Waals surface area contributed by atoms with Crippen LogP contribution in [0.2, 0.25) is 0 Å². The predicted molar refractivity (Wildman–Crippen MR) is 200 cm³/mol. The van der Waals surface area contributed by atoms with E-state index >= 15 is 8.78 Å². The number of hydrogen-bond acceptors (Lipinski definition) is 10. The molecule has 3 aliphatic rings. The summed E-state index contributed by atoms with van der Waals surface area (Å²) in [5.41, 5.74) is 2.56. The quantitative estimate of drug-likeness (QED) is 0.144. The summed E-state index contributed by atoms with van der Waals surface area (Å²) in [4.78, 5) is 53.0. The third-order valence-electron chi connectivity index (χ3n) is 11.1. The Labute approximate surface area is 325 Å². The van der Waals surface area contributed by atoms with Crippen molar-refractivity contribution in [3.05, 3.63) is 107 Å². The maximum Gasteiger partial charge on any atom is 0.328 e. The van der Waals surface area contributed by atoms with Crippen molar-refractivity contribution >= 4 is 23.5 Å². The molecule has 294 valence electrons. The zero-order chi connectivity index (χ0) is 40.2. The Balaban J connectivity index is 0.832. The number of allylic oxidation sites excluding steroid dienone is 1. The van der Waals surface area contributed by atoms with Crippen molar-refractivity contribution in [1.82, 2.24) is 45.8 Å². The molecule has 57 heavy (non-hydrogen) atoms. The number of halogens is 3. The number of anilines is 1. The zero-order valence-corrected chi connectivity index (χ0v) is 31.5. The van der Waals surface area contributed by atoms with Crippen LogP contribution in [-0.4, -0.2) is 72.7 Å². The number of rotatable bonds is 11. The number of nitrogens with zero attached hydrogens (tertiary/aromatic N) is 7. The fraction of sp³-hybridized carbons (Fsp3) is 0.350. The number of carbonyl (C=O) groups is 3. The normalized spacial score (nSPS) is 17.0. The number of amides is 4. The SMILES string of the molecule is C=C(F)C(C)(C)c1n[nH]c(CNC(=O)c2cc(-c3ncc(-c4ccc(CN5CC6(CC(c7ccc(N8CCC(=O)NC8=O)c(F)c7)C6)C5)cc4F)c(C)n3)no2)n1. The molecule has 2 aromatic carbocycles. The molecule has 1 aliphatic carbocycles. The lowest BCUT2D eigenvalue weighted by Gasteiger charge is -2.59. The minimum Gasteiger partial charge on any atom is -0.350 e. The predicted octanol–water partition coefficient (Wildman–Crippen LogP) is 6.02. The monoisotopic (exact) mass is 780 g/mol. The van der Waals surface area contributed by atoms with Gasteiger partial charge in [0.2, 0.25) is 11.7 Å². The van der Waals surface area contributed by atoms with E-state index in [0.717, 1.165) is 37.1 Å². The number of hydrogen-bond donors (Lipinski definition) is 3. The molecule has 3 aromatic heterocycles. The van der Waals surface area contributed by atoms with Crippen LogP contribution in [0.3, 0.4) is 0 Å². The highest BCUT2D eigenvalue weighted by Gasteiger charge is 2.52. The van der Waals surface area contributed by atoms with Gasteiger partial charge >= 0.3 is 6.03 Å². The van der Waals surface area contributed by atoms with E-state index < -0.39 is 34.8 Å². The molecule has 3 N–H and O–H groups in total. The molecule has 1 saturated carbocycles. The van der Waals surface area contributed by atoms with Crippen LogP contribution in [0.4, 0.5) is 23.7 Å². The van der Waals surface area contributed by atoms with E-state index in [4.69, 9.17) is 4.52 Å². The van der Waals surface area contributed by atoms with E-state index in [1.54, 1.807) is 32.9 Å². The minimum atomic E-state index is -1.09. The van der Waals surface area contributed by atoms with Gasteiger partial charge in [0.15, 0.2) is 17.3 Å². The number of likely N-dealkylation sites (tertiary alicyclic amines) is 1. The van der Waals surface area contributed by atoms with Crippen LogP contribution < -0.4 is 15.5 Å². The number of aryl methyl sites for hydroxylation is 1. The second-order valence-electron chi connectivity index (χ2n) is 15.6. The zero-order valence-electron chi connectivity index (χ0n) is 31.5. The van der Waals surface area contributed by atoms with Gasteiger partial charge in [-0.3, -0.25) is 29.8 Å². The summed E-state index contributed by atoms with van der Waals surface area (Å²) in [6.45, 7) is 10.7.